The standard InChI is InChI=1S/C14H15N3O4/c1-6(2)11-12(20)13-15-8(4)10(9(19)5-7(3)18)14(21)17(13)16-11/h5-6,19H,1-4H3. The minimum absolute atomic E-state index is 0.0689. The Balaban J connectivity index is 2.71. The fraction of sp³-hybridized carbons (Fsp3) is 0.357. The van der Waals surface area contributed by atoms with E-state index in [1.807, 2.05) is 0 Å². The number of nitrogens with zero attached hydrogens (tertiary/aromatic N) is 3. The molecule has 7 heteroatoms. The van der Waals surface area contributed by atoms with Crippen molar-refractivity contribution in [3.05, 3.63) is 33.5 Å². The second-order valence-corrected chi connectivity index (χ2v) is 5.12. The van der Waals surface area contributed by atoms with Gasteiger partial charge in [0.05, 0.1) is 5.69 Å². The Morgan fingerprint density at radius 3 is 2.48 bits per heavy atom. The van der Waals surface area contributed by atoms with Gasteiger partial charge >= 0.3 is 0 Å². The van der Waals surface area contributed by atoms with Gasteiger partial charge < -0.3 is 5.11 Å². The zero-order valence-electron chi connectivity index (χ0n) is 12.2. The minimum atomic E-state index is -0.670. The van der Waals surface area contributed by atoms with Gasteiger partial charge in [-0.2, -0.15) is 9.78 Å². The third-order valence-electron chi connectivity index (χ3n) is 3.03. The smallest absolute Gasteiger partial charge is 0.285 e. The third kappa shape index (κ3) is 2.42. The summed E-state index contributed by atoms with van der Waals surface area (Å²) in [5.74, 6) is -1.50. The van der Waals surface area contributed by atoms with Gasteiger partial charge in [0.15, 0.2) is 5.78 Å². The van der Waals surface area contributed by atoms with Gasteiger partial charge in [-0.05, 0) is 13.8 Å². The summed E-state index contributed by atoms with van der Waals surface area (Å²) < 4.78 is 0.879. The number of rotatable bonds is 3. The van der Waals surface area contributed by atoms with Gasteiger partial charge in [0.1, 0.15) is 17.0 Å². The Morgan fingerprint density at radius 2 is 1.95 bits per heavy atom. The van der Waals surface area contributed by atoms with Crippen molar-refractivity contribution < 1.29 is 14.7 Å². The molecule has 0 radical (unpaired) electrons. The molecule has 0 bridgehead atoms. The van der Waals surface area contributed by atoms with Crippen molar-refractivity contribution >= 4 is 23.0 Å². The average molecular weight is 289 g/mol. The van der Waals surface area contributed by atoms with Crippen molar-refractivity contribution in [2.75, 3.05) is 0 Å². The molecule has 0 atom stereocenters. The van der Waals surface area contributed by atoms with Crippen LogP contribution in [0.1, 0.15) is 42.6 Å². The molecule has 1 aliphatic rings. The summed E-state index contributed by atoms with van der Waals surface area (Å²) in [6.07, 6.45) is 0.933. The molecular formula is C14H15N3O4. The van der Waals surface area contributed by atoms with E-state index in [0.29, 0.717) is 0 Å². The number of carbonyl (C=O) groups is 2. The largest absolute Gasteiger partial charge is 0.507 e. The molecule has 0 saturated heterocycles. The quantitative estimate of drug-likeness (QED) is 0.663. The van der Waals surface area contributed by atoms with Crippen molar-refractivity contribution in [1.29, 1.82) is 0 Å². The monoisotopic (exact) mass is 289 g/mol. The van der Waals surface area contributed by atoms with Crippen LogP contribution in [0.5, 0.6) is 0 Å². The Bertz CT molecular complexity index is 769. The van der Waals surface area contributed by atoms with Gasteiger partial charge in [-0.3, -0.25) is 14.4 Å². The summed E-state index contributed by atoms with van der Waals surface area (Å²) >= 11 is 0. The summed E-state index contributed by atoms with van der Waals surface area (Å²) in [4.78, 5) is 39.6. The van der Waals surface area contributed by atoms with Crippen molar-refractivity contribution in [2.24, 2.45) is 11.0 Å². The van der Waals surface area contributed by atoms with Crippen LogP contribution in [0.3, 0.4) is 0 Å². The number of hydrogen-bond acceptors (Lipinski definition) is 6. The molecule has 1 aromatic rings. The number of aliphatic hydroxyl groups excluding tert-OH is 1. The van der Waals surface area contributed by atoms with E-state index in [1.165, 1.54) is 13.8 Å². The van der Waals surface area contributed by atoms with E-state index in [4.69, 9.17) is 0 Å². The van der Waals surface area contributed by atoms with Crippen LogP contribution in [-0.2, 0) is 4.79 Å². The summed E-state index contributed by atoms with van der Waals surface area (Å²) in [5.41, 5.74) is -0.381. The summed E-state index contributed by atoms with van der Waals surface area (Å²) in [5, 5.41) is 13.9. The number of carbonyl (C=O) groups excluding carboxylic acids is 2. The molecule has 0 unspecified atom stereocenters. The highest BCUT2D eigenvalue weighted by atomic mass is 16.3. The van der Waals surface area contributed by atoms with E-state index in [0.717, 1.165) is 10.8 Å². The summed E-state index contributed by atoms with van der Waals surface area (Å²) in [6.45, 7) is 6.31. The molecule has 1 aromatic heterocycles. The first-order valence-corrected chi connectivity index (χ1v) is 6.42. The van der Waals surface area contributed by atoms with Gasteiger partial charge in [0, 0.05) is 12.0 Å². The molecule has 0 amide bonds. The topological polar surface area (TPSA) is 102 Å². The molecule has 1 N–H and O–H groups in total. The van der Waals surface area contributed by atoms with Crippen LogP contribution in [0.2, 0.25) is 0 Å². The number of Topliss-reactive ketones (excluding diaryl/α,β-unsaturated/α-hetero) is 1. The maximum Gasteiger partial charge on any atom is 0.285 e. The lowest BCUT2D eigenvalue weighted by molar-refractivity contribution is -0.112. The van der Waals surface area contributed by atoms with E-state index in [9.17, 15) is 19.5 Å². The average Bonchev–Trinajstić information content (AvgIpc) is 2.66. The fourth-order valence-corrected chi connectivity index (χ4v) is 2.06. The van der Waals surface area contributed by atoms with E-state index in [2.05, 4.69) is 10.1 Å². The zero-order chi connectivity index (χ0) is 15.9. The maximum atomic E-state index is 12.4. The minimum Gasteiger partial charge on any atom is -0.507 e. The number of aliphatic hydroxyl groups is 1. The lowest BCUT2D eigenvalue weighted by Crippen LogP contribution is -2.26. The van der Waals surface area contributed by atoms with Crippen LogP contribution in [-0.4, -0.2) is 32.0 Å². The summed E-state index contributed by atoms with van der Waals surface area (Å²) in [7, 11) is 0. The highest BCUT2D eigenvalue weighted by Crippen LogP contribution is 2.17. The van der Waals surface area contributed by atoms with E-state index in [-0.39, 0.29) is 28.7 Å². The Kier molecular flexibility index (Phi) is 3.59. The molecule has 0 saturated carbocycles. The molecule has 1 aliphatic heterocycles. The predicted octanol–water partition coefficient (Wildman–Crippen LogP) is 1.10. The number of aromatic nitrogens is 2. The molecule has 0 spiro atoms. The lowest BCUT2D eigenvalue weighted by Gasteiger charge is -2.06. The third-order valence-corrected chi connectivity index (χ3v) is 3.03. The Hall–Kier alpha value is -2.57. The van der Waals surface area contributed by atoms with Crippen LogP contribution in [0.15, 0.2) is 16.0 Å². The SMILES string of the molecule is CC(=O)C=C(O)c1c(C)nc2n(c1=O)N=C(C(C)C)C2=O. The predicted molar refractivity (Wildman–Crippen MR) is 76.5 cm³/mol. The van der Waals surface area contributed by atoms with Gasteiger partial charge in [0.25, 0.3) is 5.56 Å². The first kappa shape index (κ1) is 14.8. The van der Waals surface area contributed by atoms with Crippen molar-refractivity contribution in [3.8, 4) is 0 Å². The van der Waals surface area contributed by atoms with Crippen LogP contribution in [0, 0.1) is 12.8 Å². The van der Waals surface area contributed by atoms with E-state index >= 15 is 0 Å². The number of fused-ring (bicyclic) bond motifs is 1. The molecular weight excluding hydrogens is 274 g/mol. The molecule has 2 heterocycles. The molecule has 110 valence electrons. The van der Waals surface area contributed by atoms with Crippen LogP contribution in [0.4, 0.5) is 0 Å². The van der Waals surface area contributed by atoms with Gasteiger partial charge in [0.2, 0.25) is 11.6 Å². The number of aryl methyl sites for hydroxylation is 1. The normalized spacial score (nSPS) is 14.4. The van der Waals surface area contributed by atoms with E-state index < -0.39 is 22.9 Å². The highest BCUT2D eigenvalue weighted by Gasteiger charge is 2.31. The number of allylic oxidation sites excluding steroid dienone is 1. The first-order valence-electron chi connectivity index (χ1n) is 6.42. The molecule has 7 nitrogen and oxygen atoms in total. The van der Waals surface area contributed by atoms with Crippen molar-refractivity contribution in [2.45, 2.75) is 27.7 Å². The summed E-state index contributed by atoms with van der Waals surface area (Å²) in [6, 6.07) is 0. The fourth-order valence-electron chi connectivity index (χ4n) is 2.06. The lowest BCUT2D eigenvalue weighted by atomic mass is 10.0. The van der Waals surface area contributed by atoms with Crippen molar-refractivity contribution in [1.82, 2.24) is 9.66 Å². The highest BCUT2D eigenvalue weighted by molar-refractivity contribution is 6.46. The molecule has 0 aliphatic carbocycles. The number of ketones is 2. The Labute approximate surface area is 120 Å². The molecule has 0 fully saturated rings. The molecule has 21 heavy (non-hydrogen) atoms. The Morgan fingerprint density at radius 1 is 1.33 bits per heavy atom. The number of hydrogen-bond donors (Lipinski definition) is 1. The van der Waals surface area contributed by atoms with Gasteiger partial charge in [-0.15, -0.1) is 0 Å². The molecule has 0 aromatic carbocycles. The zero-order valence-corrected chi connectivity index (χ0v) is 12.2. The first-order chi connectivity index (χ1) is 9.73. The second kappa shape index (κ2) is 5.08. The van der Waals surface area contributed by atoms with Crippen LogP contribution >= 0.6 is 0 Å². The van der Waals surface area contributed by atoms with Crippen LogP contribution in [0.25, 0.3) is 5.76 Å². The maximum absolute atomic E-state index is 12.4. The van der Waals surface area contributed by atoms with Crippen LogP contribution < -0.4 is 5.56 Å². The molecule has 2 rings (SSSR count). The van der Waals surface area contributed by atoms with Crippen molar-refractivity contribution in [3.63, 3.8) is 0 Å². The van der Waals surface area contributed by atoms with E-state index in [1.54, 1.807) is 13.8 Å². The second-order valence-electron chi connectivity index (χ2n) is 5.12. The van der Waals surface area contributed by atoms with Gasteiger partial charge in [-0.25, -0.2) is 4.98 Å². The van der Waals surface area contributed by atoms with Gasteiger partial charge in [-0.1, -0.05) is 13.8 Å².